The molecule has 0 unspecified atom stereocenters. The molecule has 0 saturated heterocycles. The number of amides is 2. The highest BCUT2D eigenvalue weighted by Crippen LogP contribution is 2.09. The van der Waals surface area contributed by atoms with Crippen LogP contribution in [-0.4, -0.2) is 17.5 Å². The Hall–Kier alpha value is -3.02. The summed E-state index contributed by atoms with van der Waals surface area (Å²) in [5, 5.41) is 6.49. The third-order valence-electron chi connectivity index (χ3n) is 3.38. The maximum absolute atomic E-state index is 13.1. The Labute approximate surface area is 145 Å². The summed E-state index contributed by atoms with van der Waals surface area (Å²) in [7, 11) is 0. The van der Waals surface area contributed by atoms with Crippen molar-refractivity contribution in [1.29, 1.82) is 0 Å². The maximum atomic E-state index is 13.1. The number of aryl methyl sites for hydroxylation is 1. The second kappa shape index (κ2) is 9.32. The fourth-order valence-electron chi connectivity index (χ4n) is 2.16. The Bertz CT molecular complexity index is 760. The minimum atomic E-state index is -0.422. The van der Waals surface area contributed by atoms with Gasteiger partial charge in [-0.2, -0.15) is 5.10 Å². The lowest BCUT2D eigenvalue weighted by Gasteiger charge is -2.06. The summed E-state index contributed by atoms with van der Waals surface area (Å²) < 4.78 is 13.1. The largest absolute Gasteiger partial charge is 0.326 e. The Kier molecular flexibility index (Phi) is 6.83. The van der Waals surface area contributed by atoms with Gasteiger partial charge in [-0.25, -0.2) is 9.82 Å². The number of halogens is 1. The van der Waals surface area contributed by atoms with Crippen molar-refractivity contribution in [2.24, 2.45) is 5.10 Å². The quantitative estimate of drug-likeness (QED) is 0.599. The first-order chi connectivity index (χ1) is 12.0. The predicted octanol–water partition coefficient (Wildman–Crippen LogP) is 3.28. The number of anilines is 1. The van der Waals surface area contributed by atoms with Gasteiger partial charge in [0.15, 0.2) is 0 Å². The van der Waals surface area contributed by atoms with Crippen molar-refractivity contribution in [2.45, 2.75) is 26.2 Å². The highest BCUT2D eigenvalue weighted by Gasteiger charge is 2.06. The SMILES string of the molecule is C/C(CC(=O)Nc1cccc(F)c1)=N\NC(=O)CCc1ccccc1. The van der Waals surface area contributed by atoms with Crippen molar-refractivity contribution in [2.75, 3.05) is 5.32 Å². The molecule has 0 spiro atoms. The van der Waals surface area contributed by atoms with E-state index in [9.17, 15) is 14.0 Å². The van der Waals surface area contributed by atoms with Gasteiger partial charge >= 0.3 is 0 Å². The van der Waals surface area contributed by atoms with Crippen LogP contribution in [0.1, 0.15) is 25.3 Å². The summed E-state index contributed by atoms with van der Waals surface area (Å²) in [6.07, 6.45) is 0.951. The minimum Gasteiger partial charge on any atom is -0.326 e. The van der Waals surface area contributed by atoms with E-state index in [1.165, 1.54) is 18.2 Å². The summed E-state index contributed by atoms with van der Waals surface area (Å²) in [5.41, 5.74) is 4.36. The number of rotatable bonds is 7. The maximum Gasteiger partial charge on any atom is 0.240 e. The molecule has 0 aromatic heterocycles. The Morgan fingerprint density at radius 1 is 1.04 bits per heavy atom. The van der Waals surface area contributed by atoms with Crippen LogP contribution in [0.3, 0.4) is 0 Å². The van der Waals surface area contributed by atoms with Gasteiger partial charge in [0.2, 0.25) is 11.8 Å². The highest BCUT2D eigenvalue weighted by molar-refractivity contribution is 6.05. The van der Waals surface area contributed by atoms with Gasteiger partial charge in [0, 0.05) is 17.8 Å². The van der Waals surface area contributed by atoms with Crippen molar-refractivity contribution in [3.8, 4) is 0 Å². The van der Waals surface area contributed by atoms with Crippen molar-refractivity contribution < 1.29 is 14.0 Å². The Morgan fingerprint density at radius 3 is 2.52 bits per heavy atom. The van der Waals surface area contributed by atoms with E-state index < -0.39 is 5.82 Å². The van der Waals surface area contributed by atoms with E-state index in [1.54, 1.807) is 13.0 Å². The molecule has 0 bridgehead atoms. The number of hydrazone groups is 1. The van der Waals surface area contributed by atoms with Crippen LogP contribution in [0.25, 0.3) is 0 Å². The summed E-state index contributed by atoms with van der Waals surface area (Å²) in [5.74, 6) is -0.965. The molecule has 0 radical (unpaired) electrons. The van der Waals surface area contributed by atoms with Gasteiger partial charge in [-0.3, -0.25) is 9.59 Å². The van der Waals surface area contributed by atoms with Crippen LogP contribution in [0.5, 0.6) is 0 Å². The van der Waals surface area contributed by atoms with Crippen LogP contribution in [0.4, 0.5) is 10.1 Å². The van der Waals surface area contributed by atoms with E-state index in [2.05, 4.69) is 15.8 Å². The molecule has 0 aliphatic carbocycles. The monoisotopic (exact) mass is 341 g/mol. The molecule has 25 heavy (non-hydrogen) atoms. The second-order valence-electron chi connectivity index (χ2n) is 5.60. The van der Waals surface area contributed by atoms with Gasteiger partial charge in [0.05, 0.1) is 6.42 Å². The van der Waals surface area contributed by atoms with E-state index in [4.69, 9.17) is 0 Å². The molecule has 6 heteroatoms. The summed E-state index contributed by atoms with van der Waals surface area (Å²) in [4.78, 5) is 23.6. The zero-order valence-electron chi connectivity index (χ0n) is 14.0. The number of carbonyl (C=O) groups is 2. The summed E-state index contributed by atoms with van der Waals surface area (Å²) in [6.45, 7) is 1.64. The fourth-order valence-corrected chi connectivity index (χ4v) is 2.16. The van der Waals surface area contributed by atoms with Crippen LogP contribution in [0, 0.1) is 5.82 Å². The second-order valence-corrected chi connectivity index (χ2v) is 5.60. The first-order valence-corrected chi connectivity index (χ1v) is 7.94. The number of nitrogens with one attached hydrogen (secondary N) is 2. The summed E-state index contributed by atoms with van der Waals surface area (Å²) >= 11 is 0. The van der Waals surface area contributed by atoms with Crippen LogP contribution in [-0.2, 0) is 16.0 Å². The lowest BCUT2D eigenvalue weighted by atomic mass is 10.1. The number of nitrogens with zero attached hydrogens (tertiary/aromatic N) is 1. The van der Waals surface area contributed by atoms with Gasteiger partial charge in [0.25, 0.3) is 0 Å². The van der Waals surface area contributed by atoms with E-state index >= 15 is 0 Å². The Morgan fingerprint density at radius 2 is 1.80 bits per heavy atom. The van der Waals surface area contributed by atoms with Crippen LogP contribution < -0.4 is 10.7 Å². The number of hydrogen-bond donors (Lipinski definition) is 2. The summed E-state index contributed by atoms with van der Waals surface area (Å²) in [6, 6.07) is 15.3. The zero-order valence-corrected chi connectivity index (χ0v) is 14.0. The molecule has 130 valence electrons. The zero-order chi connectivity index (χ0) is 18.1. The molecule has 2 aromatic rings. The first-order valence-electron chi connectivity index (χ1n) is 7.94. The van der Waals surface area contributed by atoms with E-state index in [0.29, 0.717) is 24.2 Å². The predicted molar refractivity (Wildman–Crippen MR) is 95.7 cm³/mol. The normalized spacial score (nSPS) is 11.0. The number of carbonyl (C=O) groups excluding carboxylic acids is 2. The van der Waals surface area contributed by atoms with Crippen molar-refractivity contribution in [3.63, 3.8) is 0 Å². The van der Waals surface area contributed by atoms with Crippen LogP contribution in [0.2, 0.25) is 0 Å². The van der Waals surface area contributed by atoms with E-state index in [1.807, 2.05) is 30.3 Å². The molecule has 0 atom stereocenters. The molecule has 0 aliphatic heterocycles. The molecule has 0 saturated carbocycles. The van der Waals surface area contributed by atoms with Gasteiger partial charge in [-0.15, -0.1) is 0 Å². The Balaban J connectivity index is 1.74. The standard InChI is InChI=1S/C19H20FN3O2/c1-14(12-19(25)21-17-9-5-8-16(20)13-17)22-23-18(24)11-10-15-6-3-2-4-7-15/h2-9,13H,10-12H2,1H3,(H,21,25)(H,23,24)/b22-14+. The third-order valence-corrected chi connectivity index (χ3v) is 3.38. The molecule has 5 nitrogen and oxygen atoms in total. The van der Waals surface area contributed by atoms with Crippen LogP contribution >= 0.6 is 0 Å². The molecular weight excluding hydrogens is 321 g/mol. The van der Waals surface area contributed by atoms with Crippen molar-refractivity contribution >= 4 is 23.2 Å². The minimum absolute atomic E-state index is 0.00940. The number of benzene rings is 2. The molecule has 0 fully saturated rings. The first kappa shape index (κ1) is 18.3. The smallest absolute Gasteiger partial charge is 0.240 e. The van der Waals surface area contributed by atoms with E-state index in [0.717, 1.165) is 5.56 Å². The van der Waals surface area contributed by atoms with Crippen LogP contribution in [0.15, 0.2) is 59.7 Å². The highest BCUT2D eigenvalue weighted by atomic mass is 19.1. The average Bonchev–Trinajstić information content (AvgIpc) is 2.59. The lowest BCUT2D eigenvalue weighted by Crippen LogP contribution is -2.21. The third kappa shape index (κ3) is 6.95. The number of hydrogen-bond acceptors (Lipinski definition) is 3. The molecule has 2 aromatic carbocycles. The molecule has 2 amide bonds. The van der Waals surface area contributed by atoms with Gasteiger partial charge < -0.3 is 5.32 Å². The molecular formula is C19H20FN3O2. The van der Waals surface area contributed by atoms with E-state index in [-0.39, 0.29) is 18.2 Å². The van der Waals surface area contributed by atoms with Crippen molar-refractivity contribution in [1.82, 2.24) is 5.43 Å². The topological polar surface area (TPSA) is 70.6 Å². The van der Waals surface area contributed by atoms with Gasteiger partial charge in [-0.05, 0) is 37.1 Å². The van der Waals surface area contributed by atoms with Gasteiger partial charge in [0.1, 0.15) is 5.82 Å². The fraction of sp³-hybridized carbons (Fsp3) is 0.211. The molecule has 0 heterocycles. The average molecular weight is 341 g/mol. The lowest BCUT2D eigenvalue weighted by molar-refractivity contribution is -0.121. The van der Waals surface area contributed by atoms with Gasteiger partial charge in [-0.1, -0.05) is 36.4 Å². The molecule has 2 N–H and O–H groups in total. The van der Waals surface area contributed by atoms with Crippen molar-refractivity contribution in [3.05, 3.63) is 66.0 Å². The molecule has 2 rings (SSSR count). The molecule has 0 aliphatic rings.